The van der Waals surface area contributed by atoms with Gasteiger partial charge in [0.15, 0.2) is 0 Å². The van der Waals surface area contributed by atoms with Crippen molar-refractivity contribution in [1.29, 1.82) is 0 Å². The fraction of sp³-hybridized carbons (Fsp3) is 0.500. The molecular formula is C16H21FN2O4. The fourth-order valence-electron chi connectivity index (χ4n) is 2.45. The lowest BCUT2D eigenvalue weighted by atomic mass is 10.1. The van der Waals surface area contributed by atoms with Crippen molar-refractivity contribution >= 4 is 11.9 Å². The summed E-state index contributed by atoms with van der Waals surface area (Å²) in [6, 6.07) is 5.76. The van der Waals surface area contributed by atoms with E-state index in [2.05, 4.69) is 10.1 Å². The van der Waals surface area contributed by atoms with Crippen LogP contribution in [0.15, 0.2) is 24.3 Å². The molecule has 0 aliphatic carbocycles. The number of hydrogen-bond donors (Lipinski definition) is 1. The van der Waals surface area contributed by atoms with Crippen LogP contribution in [-0.2, 0) is 19.1 Å². The van der Waals surface area contributed by atoms with Gasteiger partial charge in [-0.05, 0) is 24.6 Å². The smallest absolute Gasteiger partial charge is 0.325 e. The molecule has 2 rings (SSSR count). The van der Waals surface area contributed by atoms with Crippen LogP contribution >= 0.6 is 0 Å². The van der Waals surface area contributed by atoms with Gasteiger partial charge in [0.05, 0.1) is 25.9 Å². The zero-order chi connectivity index (χ0) is 16.8. The first-order valence-corrected chi connectivity index (χ1v) is 7.47. The summed E-state index contributed by atoms with van der Waals surface area (Å²) < 4.78 is 23.2. The Balaban J connectivity index is 1.93. The molecule has 126 valence electrons. The number of halogens is 1. The standard InChI is InChI=1S/C16H21FN2O4/c1-11(16(21)18-9-15(20)22-2)19-7-8-23-14(10-19)12-3-5-13(17)6-4-12/h3-6,11,14H,7-10H2,1-2H3,(H,18,21)/t11-,14+/m0/s1. The highest BCUT2D eigenvalue weighted by Crippen LogP contribution is 2.23. The monoisotopic (exact) mass is 324 g/mol. The van der Waals surface area contributed by atoms with Crippen molar-refractivity contribution in [3.05, 3.63) is 35.6 Å². The highest BCUT2D eigenvalue weighted by atomic mass is 19.1. The normalized spacial score (nSPS) is 19.9. The second-order valence-electron chi connectivity index (χ2n) is 5.38. The molecule has 1 amide bonds. The van der Waals surface area contributed by atoms with Crippen molar-refractivity contribution in [2.45, 2.75) is 19.1 Å². The molecular weight excluding hydrogens is 303 g/mol. The highest BCUT2D eigenvalue weighted by Gasteiger charge is 2.28. The van der Waals surface area contributed by atoms with Crippen molar-refractivity contribution in [1.82, 2.24) is 10.2 Å². The quantitative estimate of drug-likeness (QED) is 0.814. The summed E-state index contributed by atoms with van der Waals surface area (Å²) in [5.41, 5.74) is 0.873. The summed E-state index contributed by atoms with van der Waals surface area (Å²) in [6.45, 7) is 3.25. The van der Waals surface area contributed by atoms with Crippen LogP contribution in [-0.4, -0.2) is 56.2 Å². The van der Waals surface area contributed by atoms with Gasteiger partial charge in [0, 0.05) is 13.1 Å². The zero-order valence-electron chi connectivity index (χ0n) is 13.3. The predicted molar refractivity (Wildman–Crippen MR) is 81.2 cm³/mol. The number of carbonyl (C=O) groups is 2. The van der Waals surface area contributed by atoms with Gasteiger partial charge in [-0.25, -0.2) is 4.39 Å². The Hall–Kier alpha value is -1.99. The van der Waals surface area contributed by atoms with E-state index in [0.29, 0.717) is 19.7 Å². The summed E-state index contributed by atoms with van der Waals surface area (Å²) in [4.78, 5) is 25.2. The van der Waals surface area contributed by atoms with E-state index in [1.807, 2.05) is 4.90 Å². The Kier molecular flexibility index (Phi) is 6.06. The van der Waals surface area contributed by atoms with Gasteiger partial charge in [-0.2, -0.15) is 0 Å². The van der Waals surface area contributed by atoms with Gasteiger partial charge in [-0.3, -0.25) is 14.5 Å². The first kappa shape index (κ1) is 17.4. The van der Waals surface area contributed by atoms with Gasteiger partial charge in [-0.1, -0.05) is 12.1 Å². The third-order valence-electron chi connectivity index (χ3n) is 3.90. The van der Waals surface area contributed by atoms with Gasteiger partial charge < -0.3 is 14.8 Å². The summed E-state index contributed by atoms with van der Waals surface area (Å²) in [5, 5.41) is 2.55. The van der Waals surface area contributed by atoms with E-state index in [9.17, 15) is 14.0 Å². The Morgan fingerprint density at radius 3 is 2.78 bits per heavy atom. The predicted octanol–water partition coefficient (Wildman–Crippen LogP) is 0.877. The van der Waals surface area contributed by atoms with Crippen LogP contribution in [0.4, 0.5) is 4.39 Å². The summed E-state index contributed by atoms with van der Waals surface area (Å²) in [5.74, 6) is -1.02. The first-order valence-electron chi connectivity index (χ1n) is 7.47. The third-order valence-corrected chi connectivity index (χ3v) is 3.90. The van der Waals surface area contributed by atoms with E-state index in [1.165, 1.54) is 19.2 Å². The minimum Gasteiger partial charge on any atom is -0.468 e. The maximum atomic E-state index is 13.0. The Morgan fingerprint density at radius 2 is 2.13 bits per heavy atom. The van der Waals surface area contributed by atoms with Crippen LogP contribution in [0.5, 0.6) is 0 Å². The Morgan fingerprint density at radius 1 is 1.43 bits per heavy atom. The molecule has 1 aromatic carbocycles. The molecule has 1 saturated heterocycles. The minimum atomic E-state index is -0.489. The van der Waals surface area contributed by atoms with Crippen LogP contribution < -0.4 is 5.32 Å². The van der Waals surface area contributed by atoms with Gasteiger partial charge in [0.1, 0.15) is 12.4 Å². The summed E-state index contributed by atoms with van der Waals surface area (Å²) in [7, 11) is 1.27. The molecule has 1 aliphatic heterocycles. The maximum absolute atomic E-state index is 13.0. The molecule has 0 bridgehead atoms. The minimum absolute atomic E-state index is 0.147. The van der Waals surface area contributed by atoms with Gasteiger partial charge in [0.2, 0.25) is 5.91 Å². The second kappa shape index (κ2) is 8.03. The number of benzene rings is 1. The van der Waals surface area contributed by atoms with Crippen molar-refractivity contribution in [2.75, 3.05) is 33.4 Å². The lowest BCUT2D eigenvalue weighted by Gasteiger charge is -2.36. The highest BCUT2D eigenvalue weighted by molar-refractivity contribution is 5.85. The van der Waals surface area contributed by atoms with E-state index in [0.717, 1.165) is 5.56 Å². The van der Waals surface area contributed by atoms with Crippen LogP contribution in [0.1, 0.15) is 18.6 Å². The molecule has 1 fully saturated rings. The Bertz CT molecular complexity index is 550. The molecule has 23 heavy (non-hydrogen) atoms. The summed E-state index contributed by atoms with van der Waals surface area (Å²) in [6.07, 6.45) is -0.208. The number of nitrogens with one attached hydrogen (secondary N) is 1. The number of rotatable bonds is 5. The molecule has 6 nitrogen and oxygen atoms in total. The SMILES string of the molecule is COC(=O)CNC(=O)[C@H](C)N1CCO[C@@H](c2ccc(F)cc2)C1. The average molecular weight is 324 g/mol. The van der Waals surface area contributed by atoms with Gasteiger partial charge in [0.25, 0.3) is 0 Å². The molecule has 7 heteroatoms. The number of amides is 1. The van der Waals surface area contributed by atoms with Crippen LogP contribution in [0.3, 0.4) is 0 Å². The van der Waals surface area contributed by atoms with E-state index < -0.39 is 12.0 Å². The number of hydrogen-bond acceptors (Lipinski definition) is 5. The van der Waals surface area contributed by atoms with Crippen LogP contribution in [0.2, 0.25) is 0 Å². The molecule has 1 aliphatic rings. The number of esters is 1. The number of carbonyl (C=O) groups excluding carboxylic acids is 2. The molecule has 1 aromatic rings. The van der Waals surface area contributed by atoms with E-state index in [4.69, 9.17) is 4.74 Å². The number of morpholine rings is 1. The second-order valence-corrected chi connectivity index (χ2v) is 5.38. The number of nitrogens with zero attached hydrogens (tertiary/aromatic N) is 1. The number of methoxy groups -OCH3 is 1. The lowest BCUT2D eigenvalue weighted by Crippen LogP contribution is -2.51. The van der Waals surface area contributed by atoms with Crippen molar-refractivity contribution in [3.8, 4) is 0 Å². The van der Waals surface area contributed by atoms with Gasteiger partial charge >= 0.3 is 5.97 Å². The van der Waals surface area contributed by atoms with Crippen molar-refractivity contribution < 1.29 is 23.5 Å². The lowest BCUT2D eigenvalue weighted by molar-refractivity contribution is -0.142. The van der Waals surface area contributed by atoms with Crippen LogP contribution in [0, 0.1) is 5.82 Å². The van der Waals surface area contributed by atoms with Crippen molar-refractivity contribution in [2.24, 2.45) is 0 Å². The van der Waals surface area contributed by atoms with Crippen molar-refractivity contribution in [3.63, 3.8) is 0 Å². The zero-order valence-corrected chi connectivity index (χ0v) is 13.3. The maximum Gasteiger partial charge on any atom is 0.325 e. The summed E-state index contributed by atoms with van der Waals surface area (Å²) >= 11 is 0. The molecule has 1 heterocycles. The first-order chi connectivity index (χ1) is 11.0. The topological polar surface area (TPSA) is 67.9 Å². The molecule has 0 aromatic heterocycles. The van der Waals surface area contributed by atoms with Crippen LogP contribution in [0.25, 0.3) is 0 Å². The van der Waals surface area contributed by atoms with Gasteiger partial charge in [-0.15, -0.1) is 0 Å². The molecule has 0 unspecified atom stereocenters. The van der Waals surface area contributed by atoms with E-state index in [-0.39, 0.29) is 24.4 Å². The van der Waals surface area contributed by atoms with E-state index >= 15 is 0 Å². The fourth-order valence-corrected chi connectivity index (χ4v) is 2.45. The molecule has 0 radical (unpaired) electrons. The molecule has 0 spiro atoms. The Labute approximate surface area is 134 Å². The largest absolute Gasteiger partial charge is 0.468 e. The van der Waals surface area contributed by atoms with E-state index in [1.54, 1.807) is 19.1 Å². The average Bonchev–Trinajstić information content (AvgIpc) is 2.59. The molecule has 2 atom stereocenters. The third kappa shape index (κ3) is 4.74. The number of ether oxygens (including phenoxy) is 2. The molecule has 1 N–H and O–H groups in total. The molecule has 0 saturated carbocycles.